The van der Waals surface area contributed by atoms with Crippen LogP contribution in [-0.2, 0) is 12.8 Å². The number of aryl methyl sites for hydroxylation is 2. The molecule has 0 radical (unpaired) electrons. The molecule has 0 unspecified atom stereocenters. The van der Waals surface area contributed by atoms with Gasteiger partial charge in [0.05, 0.1) is 4.90 Å². The fourth-order valence-corrected chi connectivity index (χ4v) is 3.21. The Bertz CT molecular complexity index is 661. The molecule has 2 aromatic rings. The number of rotatable bonds is 2. The standard InChI is InChI=1S/C14H9F4NS/c15-10-12(11(16)14(18)19-13(10)17)20-9-5-4-7-2-1-3-8(7)6-9/h4-6H,1-3H2. The van der Waals surface area contributed by atoms with Gasteiger partial charge in [0.2, 0.25) is 0 Å². The van der Waals surface area contributed by atoms with E-state index in [9.17, 15) is 17.6 Å². The average Bonchev–Trinajstić information content (AvgIpc) is 2.89. The largest absolute Gasteiger partial charge is 0.252 e. The SMILES string of the molecule is Fc1nc(F)c(F)c(Sc2ccc3c(c2)CCC3)c1F. The molecule has 1 aromatic heterocycles. The van der Waals surface area contributed by atoms with Gasteiger partial charge in [0.25, 0.3) is 11.9 Å². The summed E-state index contributed by atoms with van der Waals surface area (Å²) in [6.07, 6.45) is 2.94. The summed E-state index contributed by atoms with van der Waals surface area (Å²) in [7, 11) is 0. The summed E-state index contributed by atoms with van der Waals surface area (Å²) >= 11 is 0.665. The Hall–Kier alpha value is -1.56. The van der Waals surface area contributed by atoms with Crippen LogP contribution in [0.15, 0.2) is 28.0 Å². The molecule has 0 N–H and O–H groups in total. The van der Waals surface area contributed by atoms with E-state index in [0.29, 0.717) is 16.7 Å². The Morgan fingerprint density at radius 1 is 0.900 bits per heavy atom. The first-order chi connectivity index (χ1) is 9.56. The molecule has 0 atom stereocenters. The van der Waals surface area contributed by atoms with E-state index in [1.807, 2.05) is 12.1 Å². The molecule has 1 aromatic carbocycles. The number of fused-ring (bicyclic) bond motifs is 1. The third-order valence-corrected chi connectivity index (χ3v) is 4.30. The summed E-state index contributed by atoms with van der Waals surface area (Å²) in [5, 5.41) is 0. The van der Waals surface area contributed by atoms with E-state index >= 15 is 0 Å². The van der Waals surface area contributed by atoms with Crippen LogP contribution in [0.25, 0.3) is 0 Å². The number of nitrogens with zero attached hydrogens (tertiary/aromatic N) is 1. The minimum Gasteiger partial charge on any atom is -0.201 e. The van der Waals surface area contributed by atoms with Crippen LogP contribution < -0.4 is 0 Å². The van der Waals surface area contributed by atoms with Crippen molar-refractivity contribution in [3.63, 3.8) is 0 Å². The highest BCUT2D eigenvalue weighted by atomic mass is 32.2. The first kappa shape index (κ1) is 13.4. The average molecular weight is 299 g/mol. The molecule has 0 bridgehead atoms. The highest BCUT2D eigenvalue weighted by Crippen LogP contribution is 2.35. The van der Waals surface area contributed by atoms with Crippen molar-refractivity contribution in [3.05, 3.63) is 52.9 Å². The lowest BCUT2D eigenvalue weighted by molar-refractivity contribution is 0.383. The van der Waals surface area contributed by atoms with Gasteiger partial charge in [-0.15, -0.1) is 0 Å². The molecule has 6 heteroatoms. The third-order valence-electron chi connectivity index (χ3n) is 3.25. The van der Waals surface area contributed by atoms with Gasteiger partial charge >= 0.3 is 0 Å². The van der Waals surface area contributed by atoms with E-state index in [4.69, 9.17) is 0 Å². The van der Waals surface area contributed by atoms with E-state index in [1.165, 1.54) is 5.56 Å². The van der Waals surface area contributed by atoms with E-state index in [0.717, 1.165) is 24.8 Å². The molecule has 0 spiro atoms. The fraction of sp³-hybridized carbons (Fsp3) is 0.214. The predicted octanol–water partition coefficient (Wildman–Crippen LogP) is 4.28. The number of hydrogen-bond acceptors (Lipinski definition) is 2. The maximum absolute atomic E-state index is 13.5. The normalized spacial score (nSPS) is 13.6. The predicted molar refractivity (Wildman–Crippen MR) is 66.7 cm³/mol. The molecular formula is C14H9F4NS. The minimum absolute atomic E-state index is 0.549. The first-order valence-corrected chi connectivity index (χ1v) is 6.87. The summed E-state index contributed by atoms with van der Waals surface area (Å²) < 4.78 is 53.1. The third kappa shape index (κ3) is 2.28. The Labute approximate surface area is 117 Å². The lowest BCUT2D eigenvalue weighted by Gasteiger charge is -2.07. The quantitative estimate of drug-likeness (QED) is 0.606. The summed E-state index contributed by atoms with van der Waals surface area (Å²) in [6.45, 7) is 0. The molecule has 1 heterocycles. The van der Waals surface area contributed by atoms with Crippen molar-refractivity contribution in [2.24, 2.45) is 0 Å². The van der Waals surface area contributed by atoms with E-state index in [-0.39, 0.29) is 0 Å². The summed E-state index contributed by atoms with van der Waals surface area (Å²) in [4.78, 5) is 2.38. The monoisotopic (exact) mass is 299 g/mol. The topological polar surface area (TPSA) is 12.9 Å². The van der Waals surface area contributed by atoms with E-state index in [2.05, 4.69) is 4.98 Å². The van der Waals surface area contributed by atoms with Crippen molar-refractivity contribution < 1.29 is 17.6 Å². The molecule has 0 saturated carbocycles. The van der Waals surface area contributed by atoms with Crippen molar-refractivity contribution in [2.75, 3.05) is 0 Å². The zero-order chi connectivity index (χ0) is 14.3. The van der Waals surface area contributed by atoms with Gasteiger partial charge in [0.15, 0.2) is 11.6 Å². The van der Waals surface area contributed by atoms with Gasteiger partial charge in [0.1, 0.15) is 0 Å². The van der Waals surface area contributed by atoms with Crippen LogP contribution in [-0.4, -0.2) is 4.98 Å². The zero-order valence-corrected chi connectivity index (χ0v) is 11.0. The molecule has 3 rings (SSSR count). The van der Waals surface area contributed by atoms with Crippen LogP contribution in [0.2, 0.25) is 0 Å². The molecule has 20 heavy (non-hydrogen) atoms. The lowest BCUT2D eigenvalue weighted by atomic mass is 10.1. The van der Waals surface area contributed by atoms with Crippen molar-refractivity contribution in [2.45, 2.75) is 29.1 Å². The Morgan fingerprint density at radius 3 is 2.25 bits per heavy atom. The van der Waals surface area contributed by atoms with Gasteiger partial charge in [-0.2, -0.15) is 13.8 Å². The van der Waals surface area contributed by atoms with Crippen LogP contribution in [0.3, 0.4) is 0 Å². The fourth-order valence-electron chi connectivity index (χ4n) is 2.29. The minimum atomic E-state index is -1.63. The molecule has 0 saturated heterocycles. The molecule has 1 aliphatic carbocycles. The van der Waals surface area contributed by atoms with E-state index in [1.54, 1.807) is 6.07 Å². The van der Waals surface area contributed by atoms with Crippen molar-refractivity contribution in [1.82, 2.24) is 4.98 Å². The highest BCUT2D eigenvalue weighted by Gasteiger charge is 2.22. The maximum Gasteiger partial charge on any atom is 0.252 e. The molecule has 1 aliphatic rings. The van der Waals surface area contributed by atoms with Crippen LogP contribution in [0.4, 0.5) is 17.6 Å². The van der Waals surface area contributed by atoms with Crippen molar-refractivity contribution in [1.29, 1.82) is 0 Å². The van der Waals surface area contributed by atoms with E-state index < -0.39 is 28.4 Å². The molecule has 1 nitrogen and oxygen atoms in total. The summed E-state index contributed by atoms with van der Waals surface area (Å²) in [5.41, 5.74) is 2.33. The van der Waals surface area contributed by atoms with Crippen molar-refractivity contribution >= 4 is 11.8 Å². The molecule has 104 valence electrons. The second-order valence-corrected chi connectivity index (χ2v) is 5.62. The highest BCUT2D eigenvalue weighted by molar-refractivity contribution is 7.99. The smallest absolute Gasteiger partial charge is 0.201 e. The van der Waals surface area contributed by atoms with Crippen LogP contribution in [0.1, 0.15) is 17.5 Å². The Kier molecular flexibility index (Phi) is 3.41. The van der Waals surface area contributed by atoms with Crippen LogP contribution in [0, 0.1) is 23.5 Å². The Balaban J connectivity index is 1.99. The molecule has 0 fully saturated rings. The van der Waals surface area contributed by atoms with Gasteiger partial charge in [0, 0.05) is 4.90 Å². The van der Waals surface area contributed by atoms with Crippen molar-refractivity contribution in [3.8, 4) is 0 Å². The number of benzene rings is 1. The van der Waals surface area contributed by atoms with Gasteiger partial charge < -0.3 is 0 Å². The summed E-state index contributed by atoms with van der Waals surface area (Å²) in [6, 6.07) is 5.39. The van der Waals surface area contributed by atoms with Crippen LogP contribution in [0.5, 0.6) is 0 Å². The zero-order valence-electron chi connectivity index (χ0n) is 10.2. The van der Waals surface area contributed by atoms with Gasteiger partial charge in [-0.25, -0.2) is 8.78 Å². The molecular weight excluding hydrogens is 290 g/mol. The lowest BCUT2D eigenvalue weighted by Crippen LogP contribution is -2.02. The number of hydrogen-bond donors (Lipinski definition) is 0. The molecule has 0 aliphatic heterocycles. The number of aromatic nitrogens is 1. The maximum atomic E-state index is 13.5. The number of halogens is 4. The van der Waals surface area contributed by atoms with Gasteiger partial charge in [-0.3, -0.25) is 0 Å². The van der Waals surface area contributed by atoms with Gasteiger partial charge in [-0.05, 0) is 42.5 Å². The van der Waals surface area contributed by atoms with Gasteiger partial charge in [-0.1, -0.05) is 17.8 Å². The first-order valence-electron chi connectivity index (χ1n) is 6.06. The second kappa shape index (κ2) is 5.09. The number of pyridine rings is 1. The Morgan fingerprint density at radius 2 is 1.55 bits per heavy atom. The summed E-state index contributed by atoms with van der Waals surface area (Å²) in [5.74, 6) is -6.19. The van der Waals surface area contributed by atoms with Crippen LogP contribution >= 0.6 is 11.8 Å². The molecule has 0 amide bonds. The second-order valence-electron chi connectivity index (χ2n) is 4.54.